The molecule has 5 fully saturated rings. The maximum Gasteiger partial charge on any atom is 0.409 e. The van der Waals surface area contributed by atoms with Crippen LogP contribution in [0, 0.1) is 12.8 Å². The van der Waals surface area contributed by atoms with E-state index in [0.717, 1.165) is 32.7 Å². The summed E-state index contributed by atoms with van der Waals surface area (Å²) in [4.78, 5) is 61.2. The van der Waals surface area contributed by atoms with Gasteiger partial charge in [-0.3, -0.25) is 4.79 Å². The number of cyclic esters (lactones) is 2. The van der Waals surface area contributed by atoms with E-state index in [4.69, 9.17) is 0 Å². The summed E-state index contributed by atoms with van der Waals surface area (Å²) in [6, 6.07) is 0.324. The Morgan fingerprint density at radius 2 is 1.52 bits per heavy atom. The Balaban J connectivity index is -0.000000226. The van der Waals surface area contributed by atoms with E-state index >= 15 is 0 Å². The average Bonchev–Trinajstić information content (AvgIpc) is 3.80. The first-order valence-corrected chi connectivity index (χ1v) is 13.1. The van der Waals surface area contributed by atoms with Crippen LogP contribution in [0.3, 0.4) is 0 Å². The summed E-state index contributed by atoms with van der Waals surface area (Å²) in [6.07, 6.45) is 3.57. The van der Waals surface area contributed by atoms with E-state index in [1.54, 1.807) is 61.9 Å². The standard InChI is InChI=1S/C5H10N2O.2C4H8N2O.C4H7NO2.C4H6NO2.C3H4N3.CH4.3Y/c1-4-3-7(2)5(8)6-4;2*1-6-3-2-5-4(6)7;2*1-5-2-3-7-4(5)6;1-6-4-2-3-5-6;;;;/h4H,3H2,1-2H3,(H,6,8);2*2-3H2,1H3,(H,5,7);2-3H2,1H3;3H,2H2,1H3;2H,1H3;1H4;;;/q;;;;2*-1;;;;/p-1. The fourth-order valence-electron chi connectivity index (χ4n) is 3.04. The summed E-state index contributed by atoms with van der Waals surface area (Å²) >= 11 is 0. The summed E-state index contributed by atoms with van der Waals surface area (Å²) in [5.74, 6) is 0. The van der Waals surface area contributed by atoms with E-state index in [1.165, 1.54) is 22.5 Å². The van der Waals surface area contributed by atoms with Crippen LogP contribution < -0.4 is 10.6 Å². The smallest absolute Gasteiger partial charge is 0.409 e. The summed E-state index contributed by atoms with van der Waals surface area (Å²) < 4.78 is 8.98. The molecule has 6 heterocycles. The number of carbonyl (C=O) groups excluding carboxylic acids is 5. The minimum atomic E-state index is -0.264. The molecule has 8 amide bonds. The van der Waals surface area contributed by atoms with Crippen molar-refractivity contribution >= 4 is 30.3 Å². The zero-order chi connectivity index (χ0) is 31.7. The van der Waals surface area contributed by atoms with Gasteiger partial charge in [-0.05, 0) is 20.0 Å². The van der Waals surface area contributed by atoms with Crippen molar-refractivity contribution in [3.05, 3.63) is 24.3 Å². The van der Waals surface area contributed by atoms with Crippen LogP contribution in [-0.2, 0) is 115 Å². The van der Waals surface area contributed by atoms with Crippen molar-refractivity contribution in [1.29, 1.82) is 0 Å². The second-order valence-electron chi connectivity index (χ2n) is 9.40. The van der Waals surface area contributed by atoms with Gasteiger partial charge in [-0.1, -0.05) is 21.0 Å². The normalized spacial score (nSPS) is 18.4. The molecular formula is C25H46N11O7Y3-3. The van der Waals surface area contributed by atoms with Crippen LogP contribution in [0.4, 0.5) is 24.0 Å². The second kappa shape index (κ2) is 28.8. The number of urea groups is 3. The molecule has 0 bridgehead atoms. The predicted molar refractivity (Wildman–Crippen MR) is 157 cm³/mol. The van der Waals surface area contributed by atoms with Crippen LogP contribution >= 0.6 is 0 Å². The number of amides is 8. The third-order valence-electron chi connectivity index (χ3n) is 5.64. The summed E-state index contributed by atoms with van der Waals surface area (Å²) in [5.41, 5.74) is 0. The van der Waals surface area contributed by atoms with Gasteiger partial charge in [0.25, 0.3) is 0 Å². The molecule has 6 rings (SSSR count). The Morgan fingerprint density at radius 3 is 1.65 bits per heavy atom. The van der Waals surface area contributed by atoms with Crippen LogP contribution in [-0.4, -0.2) is 163 Å². The molecule has 5 aliphatic rings. The molecule has 18 nitrogen and oxygen atoms in total. The second-order valence-corrected chi connectivity index (χ2v) is 9.40. The first-order chi connectivity index (χ1) is 19.8. The number of nitrogens with one attached hydrogen (secondary N) is 2. The van der Waals surface area contributed by atoms with Gasteiger partial charge in [-0.15, -0.1) is 12.8 Å². The molecule has 46 heavy (non-hydrogen) atoms. The van der Waals surface area contributed by atoms with E-state index in [-0.39, 0.29) is 136 Å². The third-order valence-corrected chi connectivity index (χ3v) is 5.64. The van der Waals surface area contributed by atoms with E-state index in [1.807, 2.05) is 6.92 Å². The summed E-state index contributed by atoms with van der Waals surface area (Å²) in [7, 11) is 10.5. The van der Waals surface area contributed by atoms with Crippen molar-refractivity contribution in [2.75, 3.05) is 87.7 Å². The molecule has 1 unspecified atom stereocenters. The van der Waals surface area contributed by atoms with Crippen LogP contribution in [0.15, 0.2) is 6.20 Å². The zero-order valence-corrected chi connectivity index (χ0v) is 35.5. The molecule has 255 valence electrons. The number of likely N-dealkylation sites (N-methyl/N-ethyl adjacent to an activating group) is 5. The maximum absolute atomic E-state index is 10.6. The van der Waals surface area contributed by atoms with E-state index in [0.29, 0.717) is 25.7 Å². The number of hydrogen-bond acceptors (Lipinski definition) is 9. The van der Waals surface area contributed by atoms with Gasteiger partial charge < -0.3 is 61.2 Å². The number of nitrogens with zero attached hydrogens (tertiary/aromatic N) is 9. The van der Waals surface area contributed by atoms with Crippen molar-refractivity contribution in [1.82, 2.24) is 50.1 Å². The third kappa shape index (κ3) is 22.4. The largest absolute Gasteiger partial charge is 0.619 e. The Bertz CT molecular complexity index is 916. The van der Waals surface area contributed by atoms with Crippen LogP contribution in [0.1, 0.15) is 14.4 Å². The zero-order valence-electron chi connectivity index (χ0n) is 27.0. The first-order valence-electron chi connectivity index (χ1n) is 13.1. The molecule has 1 aromatic heterocycles. The molecule has 1 atom stereocenters. The SMILES string of the molecule is C.CC1CN(C)C(=O)N1.CN1CCNC1=O.CN1CCOC1=O.CN1CC[N-]C1=O.CN1C[CH-]OC1=O.Cn1n[c-]cn1.[Y].[Y].[Y]. The van der Waals surface area contributed by atoms with Gasteiger partial charge >= 0.3 is 24.2 Å². The Kier molecular flexibility index (Phi) is 32.3. The molecule has 21 heteroatoms. The number of aryl methyl sites for hydroxylation is 1. The van der Waals surface area contributed by atoms with Gasteiger partial charge in [0.15, 0.2) is 6.03 Å². The quantitative estimate of drug-likeness (QED) is 0.353. The molecule has 3 radical (unpaired) electrons. The van der Waals surface area contributed by atoms with Crippen LogP contribution in [0.5, 0.6) is 0 Å². The molecule has 0 spiro atoms. The molecular weight excluding hydrogens is 833 g/mol. The van der Waals surface area contributed by atoms with Gasteiger partial charge in [0.2, 0.25) is 0 Å². The number of ether oxygens (including phenoxy) is 2. The van der Waals surface area contributed by atoms with Gasteiger partial charge in [-0.25, -0.2) is 29.1 Å². The van der Waals surface area contributed by atoms with Crippen molar-refractivity contribution in [2.45, 2.75) is 20.4 Å². The molecule has 1 aromatic rings. The Morgan fingerprint density at radius 1 is 0.870 bits per heavy atom. The van der Waals surface area contributed by atoms with Crippen molar-refractivity contribution in [3.63, 3.8) is 0 Å². The predicted octanol–water partition coefficient (Wildman–Crippen LogP) is 0.639. The number of hydrogen-bond donors (Lipinski definition) is 2. The fourth-order valence-corrected chi connectivity index (χ4v) is 3.04. The number of rotatable bonds is 0. The van der Waals surface area contributed by atoms with Crippen LogP contribution in [0.25, 0.3) is 5.32 Å². The molecule has 5 aliphatic heterocycles. The van der Waals surface area contributed by atoms with Crippen molar-refractivity contribution in [2.24, 2.45) is 7.05 Å². The maximum atomic E-state index is 10.6. The summed E-state index contributed by atoms with van der Waals surface area (Å²) in [5, 5.41) is 16.3. The Labute approximate surface area is 347 Å². The minimum Gasteiger partial charge on any atom is -0.619 e. The van der Waals surface area contributed by atoms with Gasteiger partial charge in [0.1, 0.15) is 6.61 Å². The number of aromatic nitrogens is 3. The number of carbonyl (C=O) groups is 5. The van der Waals surface area contributed by atoms with E-state index < -0.39 is 0 Å². The Hall–Kier alpha value is -1.20. The average molecular weight is 879 g/mol. The molecule has 0 saturated carbocycles. The van der Waals surface area contributed by atoms with Gasteiger partial charge in [0.05, 0.1) is 6.54 Å². The topological polar surface area (TPSA) is 189 Å². The van der Waals surface area contributed by atoms with Gasteiger partial charge in [-0.2, -0.15) is 0 Å². The van der Waals surface area contributed by atoms with Crippen LogP contribution in [0.2, 0.25) is 0 Å². The molecule has 5 saturated heterocycles. The molecule has 0 aliphatic carbocycles. The molecule has 0 aromatic carbocycles. The van der Waals surface area contributed by atoms with Crippen molar-refractivity contribution in [3.8, 4) is 0 Å². The van der Waals surface area contributed by atoms with E-state index in [9.17, 15) is 24.0 Å². The monoisotopic (exact) mass is 879 g/mol. The minimum absolute atomic E-state index is 0. The first kappa shape index (κ1) is 51.6. The fraction of sp³-hybridized carbons (Fsp3) is 0.680. The molecule has 2 N–H and O–H groups in total. The summed E-state index contributed by atoms with van der Waals surface area (Å²) in [6.45, 7) is 9.30. The van der Waals surface area contributed by atoms with E-state index in [2.05, 4.69) is 41.8 Å². The van der Waals surface area contributed by atoms with Gasteiger partial charge in [0, 0.05) is 159 Å². The van der Waals surface area contributed by atoms with Crippen molar-refractivity contribution < 1.29 is 132 Å².